The number of benzene rings is 3. The smallest absolute Gasteiger partial charge is 0.336 e. The number of hydrogen-bond acceptors (Lipinski definition) is 6. The summed E-state index contributed by atoms with van der Waals surface area (Å²) >= 11 is 7.46. The van der Waals surface area contributed by atoms with Gasteiger partial charge in [-0.05, 0) is 43.3 Å². The molecule has 8 nitrogen and oxygen atoms in total. The Bertz CT molecular complexity index is 1270. The Morgan fingerprint density at radius 1 is 0.914 bits per heavy atom. The molecule has 0 saturated heterocycles. The Morgan fingerprint density at radius 2 is 1.60 bits per heavy atom. The summed E-state index contributed by atoms with van der Waals surface area (Å²) in [4.78, 5) is 37.6. The lowest BCUT2D eigenvalue weighted by molar-refractivity contribution is -0.115. The molecular formula is C25H23ClN2O6S. The van der Waals surface area contributed by atoms with Crippen LogP contribution in [0.4, 0.5) is 11.4 Å². The molecule has 1 atom stereocenters. The van der Waals surface area contributed by atoms with Crippen molar-refractivity contribution in [1.29, 1.82) is 0 Å². The second-order valence-corrected chi connectivity index (χ2v) is 9.09. The number of thioether (sulfide) groups is 1. The highest BCUT2D eigenvalue weighted by Crippen LogP contribution is 2.36. The van der Waals surface area contributed by atoms with Gasteiger partial charge in [-0.1, -0.05) is 29.8 Å². The van der Waals surface area contributed by atoms with E-state index in [1.807, 2.05) is 0 Å². The quantitative estimate of drug-likeness (QED) is 0.326. The number of ether oxygens (including phenoxy) is 2. The van der Waals surface area contributed by atoms with Gasteiger partial charge < -0.3 is 25.2 Å². The number of rotatable bonds is 9. The molecule has 0 bridgehead atoms. The second kappa shape index (κ2) is 11.6. The molecule has 0 spiro atoms. The van der Waals surface area contributed by atoms with Gasteiger partial charge in [-0.3, -0.25) is 9.59 Å². The Hall–Kier alpha value is -3.69. The maximum atomic E-state index is 12.8. The predicted molar refractivity (Wildman–Crippen MR) is 136 cm³/mol. The summed E-state index contributed by atoms with van der Waals surface area (Å²) in [5.74, 6) is -1.18. The average Bonchev–Trinajstić information content (AvgIpc) is 2.84. The molecule has 0 saturated carbocycles. The minimum atomic E-state index is -1.19. The lowest BCUT2D eigenvalue weighted by atomic mass is 10.1. The first-order valence-electron chi connectivity index (χ1n) is 10.4. The summed E-state index contributed by atoms with van der Waals surface area (Å²) in [6, 6.07) is 16.0. The van der Waals surface area contributed by atoms with Crippen LogP contribution in [0.1, 0.15) is 27.6 Å². The highest BCUT2D eigenvalue weighted by atomic mass is 35.5. The van der Waals surface area contributed by atoms with Crippen LogP contribution in [-0.4, -0.2) is 42.4 Å². The summed E-state index contributed by atoms with van der Waals surface area (Å²) in [6.07, 6.45) is 0. The van der Waals surface area contributed by atoms with Crippen LogP contribution < -0.4 is 20.1 Å². The number of amides is 2. The topological polar surface area (TPSA) is 114 Å². The fraction of sp³-hybridized carbons (Fsp3) is 0.160. The van der Waals surface area contributed by atoms with Crippen LogP contribution in [0.15, 0.2) is 65.6 Å². The van der Waals surface area contributed by atoms with Crippen LogP contribution >= 0.6 is 23.4 Å². The molecule has 0 fully saturated rings. The minimum Gasteiger partial charge on any atom is -0.495 e. The van der Waals surface area contributed by atoms with Crippen molar-refractivity contribution in [3.8, 4) is 11.5 Å². The van der Waals surface area contributed by atoms with Crippen molar-refractivity contribution in [2.75, 3.05) is 24.9 Å². The number of carbonyl (C=O) groups excluding carboxylic acids is 2. The third-order valence-corrected chi connectivity index (χ3v) is 6.30. The van der Waals surface area contributed by atoms with Gasteiger partial charge in [0.25, 0.3) is 5.91 Å². The van der Waals surface area contributed by atoms with Crippen molar-refractivity contribution in [2.45, 2.75) is 17.1 Å². The molecule has 0 heterocycles. The maximum absolute atomic E-state index is 12.8. The van der Waals surface area contributed by atoms with E-state index in [1.54, 1.807) is 55.5 Å². The maximum Gasteiger partial charge on any atom is 0.336 e. The number of aromatic carboxylic acids is 1. The summed E-state index contributed by atoms with van der Waals surface area (Å²) in [5, 5.41) is 14.7. The van der Waals surface area contributed by atoms with E-state index in [9.17, 15) is 19.5 Å². The summed E-state index contributed by atoms with van der Waals surface area (Å²) in [5.41, 5.74) is 0.845. The number of anilines is 2. The highest BCUT2D eigenvalue weighted by molar-refractivity contribution is 8.00. The lowest BCUT2D eigenvalue weighted by Crippen LogP contribution is -2.22. The van der Waals surface area contributed by atoms with Gasteiger partial charge in [0.1, 0.15) is 11.5 Å². The Morgan fingerprint density at radius 3 is 2.26 bits per heavy atom. The number of carboxylic acid groups (broad SMARTS) is 1. The molecule has 10 heteroatoms. The molecule has 3 rings (SSSR count). The van der Waals surface area contributed by atoms with Gasteiger partial charge in [0.05, 0.1) is 41.3 Å². The van der Waals surface area contributed by atoms with Crippen LogP contribution in [-0.2, 0) is 4.79 Å². The van der Waals surface area contributed by atoms with E-state index in [0.717, 1.165) is 4.90 Å². The molecule has 3 N–H and O–H groups in total. The molecule has 0 radical (unpaired) electrons. The van der Waals surface area contributed by atoms with Crippen molar-refractivity contribution < 1.29 is 29.0 Å². The Kier molecular flexibility index (Phi) is 8.62. The SMILES string of the molecule is COc1cc(OC)c(NC(=O)C(C)Sc2cccc(NC(=O)c3ccccc3C(=O)O)c2)cc1Cl. The fourth-order valence-electron chi connectivity index (χ4n) is 3.16. The van der Waals surface area contributed by atoms with E-state index >= 15 is 0 Å². The molecule has 3 aromatic carbocycles. The number of carbonyl (C=O) groups is 3. The largest absolute Gasteiger partial charge is 0.495 e. The number of halogens is 1. The zero-order valence-electron chi connectivity index (χ0n) is 19.1. The van der Waals surface area contributed by atoms with Crippen LogP contribution in [0.2, 0.25) is 5.02 Å². The molecule has 35 heavy (non-hydrogen) atoms. The number of carboxylic acids is 1. The second-order valence-electron chi connectivity index (χ2n) is 7.27. The van der Waals surface area contributed by atoms with Gasteiger partial charge in [0.2, 0.25) is 5.91 Å². The van der Waals surface area contributed by atoms with Crippen LogP contribution in [0, 0.1) is 0 Å². The first kappa shape index (κ1) is 25.9. The normalized spacial score (nSPS) is 11.3. The van der Waals surface area contributed by atoms with Crippen LogP contribution in [0.3, 0.4) is 0 Å². The van der Waals surface area contributed by atoms with E-state index in [1.165, 1.54) is 38.1 Å². The molecule has 0 aliphatic rings. The van der Waals surface area contributed by atoms with Crippen molar-refractivity contribution in [3.63, 3.8) is 0 Å². The molecule has 0 aliphatic heterocycles. The molecule has 2 amide bonds. The third kappa shape index (κ3) is 6.46. The van der Waals surface area contributed by atoms with E-state index in [4.69, 9.17) is 21.1 Å². The number of methoxy groups -OCH3 is 2. The summed E-state index contributed by atoms with van der Waals surface area (Å²) in [7, 11) is 2.96. The Labute approximate surface area is 211 Å². The predicted octanol–water partition coefficient (Wildman–Crippen LogP) is 5.43. The standard InChI is InChI=1S/C25H23ClN2O6S/c1-14(23(29)28-20-12-19(26)21(33-2)13-22(20)34-3)35-16-8-6-7-15(11-16)27-24(30)17-9-4-5-10-18(17)25(31)32/h4-14H,1-3H3,(H,27,30)(H,28,29)(H,31,32). The van der Waals surface area contributed by atoms with Gasteiger partial charge in [-0.2, -0.15) is 0 Å². The minimum absolute atomic E-state index is 0.0536. The van der Waals surface area contributed by atoms with E-state index in [2.05, 4.69) is 10.6 Å². The van der Waals surface area contributed by atoms with Gasteiger partial charge in [0.15, 0.2) is 0 Å². The third-order valence-electron chi connectivity index (χ3n) is 4.91. The van der Waals surface area contributed by atoms with Crippen LogP contribution in [0.5, 0.6) is 11.5 Å². The van der Waals surface area contributed by atoms with Gasteiger partial charge in [-0.15, -0.1) is 11.8 Å². The molecule has 0 aliphatic carbocycles. The molecule has 1 unspecified atom stereocenters. The molecule has 0 aromatic heterocycles. The molecule has 3 aromatic rings. The fourth-order valence-corrected chi connectivity index (χ4v) is 4.33. The zero-order chi connectivity index (χ0) is 25.5. The average molecular weight is 515 g/mol. The van der Waals surface area contributed by atoms with E-state index < -0.39 is 17.1 Å². The van der Waals surface area contributed by atoms with Crippen molar-refractivity contribution >= 4 is 52.5 Å². The zero-order valence-corrected chi connectivity index (χ0v) is 20.7. The van der Waals surface area contributed by atoms with Gasteiger partial charge in [-0.25, -0.2) is 4.79 Å². The van der Waals surface area contributed by atoms with E-state index in [0.29, 0.717) is 27.9 Å². The monoisotopic (exact) mass is 514 g/mol. The first-order chi connectivity index (χ1) is 16.7. The van der Waals surface area contributed by atoms with Gasteiger partial charge in [0, 0.05) is 16.6 Å². The van der Waals surface area contributed by atoms with Gasteiger partial charge >= 0.3 is 5.97 Å². The van der Waals surface area contributed by atoms with Crippen molar-refractivity contribution in [2.24, 2.45) is 0 Å². The Balaban J connectivity index is 1.70. The molecule has 182 valence electrons. The lowest BCUT2D eigenvalue weighted by Gasteiger charge is -2.16. The van der Waals surface area contributed by atoms with Crippen molar-refractivity contribution in [3.05, 3.63) is 76.8 Å². The highest BCUT2D eigenvalue weighted by Gasteiger charge is 2.19. The van der Waals surface area contributed by atoms with Crippen molar-refractivity contribution in [1.82, 2.24) is 0 Å². The number of nitrogens with one attached hydrogen (secondary N) is 2. The first-order valence-corrected chi connectivity index (χ1v) is 11.6. The summed E-state index contributed by atoms with van der Waals surface area (Å²) < 4.78 is 10.5. The van der Waals surface area contributed by atoms with Crippen LogP contribution in [0.25, 0.3) is 0 Å². The van der Waals surface area contributed by atoms with E-state index in [-0.39, 0.29) is 17.0 Å². The summed E-state index contributed by atoms with van der Waals surface area (Å²) in [6.45, 7) is 1.74. The molecular weight excluding hydrogens is 492 g/mol. The number of hydrogen-bond donors (Lipinski definition) is 3.